The molecule has 0 N–H and O–H groups in total. The van der Waals surface area contributed by atoms with E-state index in [1.807, 2.05) is 12.1 Å². The van der Waals surface area contributed by atoms with Gasteiger partial charge in [0.2, 0.25) is 0 Å². The monoisotopic (exact) mass is 285 g/mol. The zero-order chi connectivity index (χ0) is 14.5. The Balaban J connectivity index is 1.41. The number of benzene rings is 1. The molecule has 0 bridgehead atoms. The lowest BCUT2D eigenvalue weighted by atomic mass is 10.2. The molecule has 2 heterocycles. The number of nitriles is 1. The van der Waals surface area contributed by atoms with Gasteiger partial charge in [0.25, 0.3) is 0 Å². The number of likely N-dealkylation sites (tertiary alicyclic amines) is 2. The van der Waals surface area contributed by atoms with Crippen molar-refractivity contribution in [2.75, 3.05) is 39.3 Å². The summed E-state index contributed by atoms with van der Waals surface area (Å²) in [4.78, 5) is 5.15. The van der Waals surface area contributed by atoms with E-state index >= 15 is 0 Å². The van der Waals surface area contributed by atoms with Gasteiger partial charge in [-0.05, 0) is 57.1 Å². The summed E-state index contributed by atoms with van der Waals surface area (Å²) in [6, 6.07) is 10.3. The van der Waals surface area contributed by atoms with Crippen molar-refractivity contribution in [3.63, 3.8) is 0 Å². The maximum atomic E-state index is 8.87. The van der Waals surface area contributed by atoms with Crippen LogP contribution >= 0.6 is 0 Å². The van der Waals surface area contributed by atoms with Crippen molar-refractivity contribution in [1.29, 1.82) is 5.26 Å². The standard InChI is InChI=1S/C17H23N3O/c18-13-15-4-3-5-17(12-15)21-11-10-19-9-6-16(14-19)20-7-1-2-8-20/h3-5,12,16H,1-2,6-11,14H2. The Kier molecular flexibility index (Phi) is 4.74. The van der Waals surface area contributed by atoms with Crippen molar-refractivity contribution in [2.45, 2.75) is 25.3 Å². The van der Waals surface area contributed by atoms with Crippen LogP contribution < -0.4 is 4.74 Å². The first-order chi connectivity index (χ1) is 10.3. The van der Waals surface area contributed by atoms with Crippen LogP contribution in [0.4, 0.5) is 0 Å². The summed E-state index contributed by atoms with van der Waals surface area (Å²) in [6.07, 6.45) is 4.04. The molecule has 0 radical (unpaired) electrons. The third-order valence-corrected chi connectivity index (χ3v) is 4.54. The van der Waals surface area contributed by atoms with E-state index in [-0.39, 0.29) is 0 Å². The van der Waals surface area contributed by atoms with Gasteiger partial charge in [0.1, 0.15) is 12.4 Å². The normalized spacial score (nSPS) is 23.3. The largest absolute Gasteiger partial charge is 0.492 e. The fourth-order valence-electron chi connectivity index (χ4n) is 3.37. The Labute approximate surface area is 126 Å². The quantitative estimate of drug-likeness (QED) is 0.830. The van der Waals surface area contributed by atoms with Gasteiger partial charge in [0, 0.05) is 19.1 Å². The minimum absolute atomic E-state index is 0.655. The first-order valence-electron chi connectivity index (χ1n) is 7.94. The number of rotatable bonds is 5. The molecule has 0 amide bonds. The summed E-state index contributed by atoms with van der Waals surface area (Å²) < 4.78 is 5.76. The molecular weight excluding hydrogens is 262 g/mol. The van der Waals surface area contributed by atoms with Gasteiger partial charge in [-0.1, -0.05) is 6.07 Å². The highest BCUT2D eigenvalue weighted by atomic mass is 16.5. The molecule has 112 valence electrons. The third kappa shape index (κ3) is 3.75. The molecule has 0 saturated carbocycles. The van der Waals surface area contributed by atoms with Gasteiger partial charge in [-0.15, -0.1) is 0 Å². The highest BCUT2D eigenvalue weighted by Gasteiger charge is 2.28. The Hall–Kier alpha value is -1.57. The van der Waals surface area contributed by atoms with Crippen LogP contribution in [0.1, 0.15) is 24.8 Å². The van der Waals surface area contributed by atoms with Crippen LogP contribution in [0.3, 0.4) is 0 Å². The van der Waals surface area contributed by atoms with E-state index in [0.717, 1.165) is 18.3 Å². The van der Waals surface area contributed by atoms with Gasteiger partial charge in [0.15, 0.2) is 0 Å². The Morgan fingerprint density at radius 3 is 2.90 bits per heavy atom. The fraction of sp³-hybridized carbons (Fsp3) is 0.588. The van der Waals surface area contributed by atoms with Crippen molar-refractivity contribution in [2.24, 2.45) is 0 Å². The second-order valence-electron chi connectivity index (χ2n) is 5.97. The molecule has 0 spiro atoms. The lowest BCUT2D eigenvalue weighted by Crippen LogP contribution is -2.36. The van der Waals surface area contributed by atoms with Crippen LogP contribution in [-0.2, 0) is 0 Å². The average Bonchev–Trinajstić information content (AvgIpc) is 3.18. The van der Waals surface area contributed by atoms with Gasteiger partial charge in [-0.25, -0.2) is 0 Å². The molecule has 1 aromatic rings. The van der Waals surface area contributed by atoms with Gasteiger partial charge >= 0.3 is 0 Å². The van der Waals surface area contributed by atoms with E-state index < -0.39 is 0 Å². The highest BCUT2D eigenvalue weighted by molar-refractivity contribution is 5.36. The second-order valence-corrected chi connectivity index (χ2v) is 5.97. The number of nitrogens with zero attached hydrogens (tertiary/aromatic N) is 3. The molecule has 4 nitrogen and oxygen atoms in total. The summed E-state index contributed by atoms with van der Waals surface area (Å²) in [6.45, 7) is 6.61. The molecule has 2 fully saturated rings. The molecule has 2 aliphatic heterocycles. The third-order valence-electron chi connectivity index (χ3n) is 4.54. The summed E-state index contributed by atoms with van der Waals surface area (Å²) in [5.74, 6) is 0.796. The highest BCUT2D eigenvalue weighted by Crippen LogP contribution is 2.20. The zero-order valence-corrected chi connectivity index (χ0v) is 12.5. The first kappa shape index (κ1) is 14.4. The van der Waals surface area contributed by atoms with Gasteiger partial charge < -0.3 is 4.74 Å². The van der Waals surface area contributed by atoms with E-state index in [2.05, 4.69) is 15.9 Å². The molecule has 0 aliphatic carbocycles. The molecule has 1 aromatic carbocycles. The number of hydrogen-bond acceptors (Lipinski definition) is 4. The molecule has 2 saturated heterocycles. The maximum Gasteiger partial charge on any atom is 0.120 e. The van der Waals surface area contributed by atoms with Crippen molar-refractivity contribution in [1.82, 2.24) is 9.80 Å². The van der Waals surface area contributed by atoms with Crippen LogP contribution in [-0.4, -0.2) is 55.2 Å². The van der Waals surface area contributed by atoms with E-state index in [1.54, 1.807) is 12.1 Å². The zero-order valence-electron chi connectivity index (χ0n) is 12.5. The predicted octanol–water partition coefficient (Wildman–Crippen LogP) is 2.11. The molecule has 2 aliphatic rings. The lowest BCUT2D eigenvalue weighted by molar-refractivity contribution is 0.207. The van der Waals surface area contributed by atoms with Gasteiger partial charge in [-0.3, -0.25) is 9.80 Å². The predicted molar refractivity (Wildman–Crippen MR) is 82.3 cm³/mol. The minimum atomic E-state index is 0.655. The number of ether oxygens (including phenoxy) is 1. The molecule has 4 heteroatoms. The molecule has 0 aromatic heterocycles. The lowest BCUT2D eigenvalue weighted by Gasteiger charge is -2.23. The van der Waals surface area contributed by atoms with Gasteiger partial charge in [0.05, 0.1) is 11.6 Å². The van der Waals surface area contributed by atoms with Crippen LogP contribution in [0.2, 0.25) is 0 Å². The van der Waals surface area contributed by atoms with Crippen molar-refractivity contribution in [3.05, 3.63) is 29.8 Å². The fourth-order valence-corrected chi connectivity index (χ4v) is 3.37. The molecular formula is C17H23N3O. The SMILES string of the molecule is N#Cc1cccc(OCCN2CCC(N3CCCC3)C2)c1. The number of hydrogen-bond donors (Lipinski definition) is 0. The molecule has 1 atom stereocenters. The van der Waals surface area contributed by atoms with E-state index in [1.165, 1.54) is 45.4 Å². The Morgan fingerprint density at radius 1 is 1.24 bits per heavy atom. The first-order valence-corrected chi connectivity index (χ1v) is 7.94. The molecule has 21 heavy (non-hydrogen) atoms. The average molecular weight is 285 g/mol. The van der Waals surface area contributed by atoms with Crippen LogP contribution in [0.5, 0.6) is 5.75 Å². The summed E-state index contributed by atoms with van der Waals surface area (Å²) in [7, 11) is 0. The van der Waals surface area contributed by atoms with E-state index in [0.29, 0.717) is 12.2 Å². The summed E-state index contributed by atoms with van der Waals surface area (Å²) in [5.41, 5.74) is 0.655. The van der Waals surface area contributed by atoms with Crippen LogP contribution in [0, 0.1) is 11.3 Å². The van der Waals surface area contributed by atoms with E-state index in [9.17, 15) is 0 Å². The summed E-state index contributed by atoms with van der Waals surface area (Å²) in [5, 5.41) is 8.87. The topological polar surface area (TPSA) is 39.5 Å². The van der Waals surface area contributed by atoms with Crippen molar-refractivity contribution >= 4 is 0 Å². The molecule has 1 unspecified atom stereocenters. The smallest absolute Gasteiger partial charge is 0.120 e. The van der Waals surface area contributed by atoms with Crippen molar-refractivity contribution < 1.29 is 4.74 Å². The minimum Gasteiger partial charge on any atom is -0.492 e. The van der Waals surface area contributed by atoms with Crippen molar-refractivity contribution in [3.8, 4) is 11.8 Å². The second kappa shape index (κ2) is 6.93. The Bertz CT molecular complexity index is 505. The van der Waals surface area contributed by atoms with Gasteiger partial charge in [-0.2, -0.15) is 5.26 Å². The summed E-state index contributed by atoms with van der Waals surface area (Å²) >= 11 is 0. The maximum absolute atomic E-state index is 8.87. The van der Waals surface area contributed by atoms with Crippen LogP contribution in [0.25, 0.3) is 0 Å². The van der Waals surface area contributed by atoms with E-state index in [4.69, 9.17) is 10.00 Å². The Morgan fingerprint density at radius 2 is 2.10 bits per heavy atom. The molecule has 3 rings (SSSR count). The van der Waals surface area contributed by atoms with Crippen LogP contribution in [0.15, 0.2) is 24.3 Å².